The van der Waals surface area contributed by atoms with Gasteiger partial charge in [-0.05, 0) is 58.3 Å². The molecule has 1 N–H and O–H groups in total. The van der Waals surface area contributed by atoms with Crippen LogP contribution in [0.3, 0.4) is 0 Å². The average molecular weight is 507 g/mol. The SMILES string of the molecule is CCCN1C(=O)N/C(=C/c2ccc(OCc3cccc([N+](=O)[O-])c3)c(I)c2)C1=O. The van der Waals surface area contributed by atoms with E-state index >= 15 is 0 Å². The molecule has 0 unspecified atom stereocenters. The van der Waals surface area contributed by atoms with Crippen LogP contribution in [0.15, 0.2) is 48.2 Å². The van der Waals surface area contributed by atoms with E-state index in [-0.39, 0.29) is 23.9 Å². The van der Waals surface area contributed by atoms with Crippen LogP contribution in [0.4, 0.5) is 10.5 Å². The third-order valence-electron chi connectivity index (χ3n) is 4.19. The zero-order chi connectivity index (χ0) is 21.0. The molecule has 1 saturated heterocycles. The van der Waals surface area contributed by atoms with E-state index in [1.807, 2.05) is 13.0 Å². The summed E-state index contributed by atoms with van der Waals surface area (Å²) in [5.74, 6) is 0.284. The molecule has 3 rings (SSSR count). The Kier molecular flexibility index (Phi) is 6.47. The fourth-order valence-corrected chi connectivity index (χ4v) is 3.50. The number of carbonyl (C=O) groups excluding carboxylic acids is 2. The van der Waals surface area contributed by atoms with Gasteiger partial charge < -0.3 is 10.1 Å². The number of urea groups is 1. The first-order chi connectivity index (χ1) is 13.9. The van der Waals surface area contributed by atoms with Gasteiger partial charge in [0.1, 0.15) is 18.1 Å². The minimum absolute atomic E-state index is 0.0168. The van der Waals surface area contributed by atoms with Gasteiger partial charge in [-0.3, -0.25) is 19.8 Å². The number of rotatable bonds is 7. The number of halogens is 1. The zero-order valence-corrected chi connectivity index (χ0v) is 17.7. The molecule has 29 heavy (non-hydrogen) atoms. The van der Waals surface area contributed by atoms with Crippen LogP contribution in [0.1, 0.15) is 24.5 Å². The van der Waals surface area contributed by atoms with Crippen molar-refractivity contribution in [2.24, 2.45) is 0 Å². The maximum Gasteiger partial charge on any atom is 0.329 e. The van der Waals surface area contributed by atoms with Crippen molar-refractivity contribution in [1.82, 2.24) is 10.2 Å². The molecule has 1 aliphatic rings. The van der Waals surface area contributed by atoms with Gasteiger partial charge >= 0.3 is 6.03 Å². The molecule has 0 spiro atoms. The van der Waals surface area contributed by atoms with Crippen molar-refractivity contribution < 1.29 is 19.2 Å². The number of hydrogen-bond donors (Lipinski definition) is 1. The van der Waals surface area contributed by atoms with Crippen molar-refractivity contribution in [2.45, 2.75) is 20.0 Å². The van der Waals surface area contributed by atoms with Gasteiger partial charge in [-0.15, -0.1) is 0 Å². The highest BCUT2D eigenvalue weighted by atomic mass is 127. The molecule has 1 fully saturated rings. The summed E-state index contributed by atoms with van der Waals surface area (Å²) in [5.41, 5.74) is 1.70. The van der Waals surface area contributed by atoms with Gasteiger partial charge in [-0.1, -0.05) is 25.1 Å². The molecule has 150 valence electrons. The van der Waals surface area contributed by atoms with Crippen molar-refractivity contribution in [3.63, 3.8) is 0 Å². The number of nitro groups is 1. The summed E-state index contributed by atoms with van der Waals surface area (Å²) in [6.45, 7) is 2.47. The molecule has 0 aromatic heterocycles. The van der Waals surface area contributed by atoms with E-state index in [0.29, 0.717) is 24.3 Å². The van der Waals surface area contributed by atoms with Crippen LogP contribution < -0.4 is 10.1 Å². The summed E-state index contributed by atoms with van der Waals surface area (Å²) >= 11 is 2.11. The Labute approximate surface area is 180 Å². The summed E-state index contributed by atoms with van der Waals surface area (Å²) in [7, 11) is 0. The minimum Gasteiger partial charge on any atom is -0.488 e. The van der Waals surface area contributed by atoms with Crippen LogP contribution in [0.5, 0.6) is 5.75 Å². The fourth-order valence-electron chi connectivity index (χ4n) is 2.81. The third kappa shape index (κ3) is 4.91. The molecule has 8 nitrogen and oxygen atoms in total. The molecule has 0 atom stereocenters. The predicted molar refractivity (Wildman–Crippen MR) is 115 cm³/mol. The molecule has 0 radical (unpaired) electrons. The molecular formula is C20H18IN3O5. The lowest BCUT2D eigenvalue weighted by Crippen LogP contribution is -2.31. The molecule has 3 amide bonds. The topological polar surface area (TPSA) is 102 Å². The Balaban J connectivity index is 1.71. The molecule has 2 aromatic rings. The van der Waals surface area contributed by atoms with Gasteiger partial charge in [0.25, 0.3) is 11.6 Å². The Morgan fingerprint density at radius 1 is 1.24 bits per heavy atom. The van der Waals surface area contributed by atoms with E-state index in [2.05, 4.69) is 27.9 Å². The Bertz CT molecular complexity index is 1010. The number of non-ortho nitro benzene ring substituents is 1. The number of nitrogens with one attached hydrogen (secondary N) is 1. The fraction of sp³-hybridized carbons (Fsp3) is 0.200. The molecule has 0 aliphatic carbocycles. The summed E-state index contributed by atoms with van der Waals surface area (Å²) < 4.78 is 6.58. The second-order valence-electron chi connectivity index (χ2n) is 6.35. The third-order valence-corrected chi connectivity index (χ3v) is 5.04. The van der Waals surface area contributed by atoms with E-state index in [0.717, 1.165) is 9.13 Å². The lowest BCUT2D eigenvalue weighted by molar-refractivity contribution is -0.384. The van der Waals surface area contributed by atoms with Gasteiger partial charge in [-0.25, -0.2) is 4.79 Å². The minimum atomic E-state index is -0.444. The Morgan fingerprint density at radius 2 is 2.03 bits per heavy atom. The Morgan fingerprint density at radius 3 is 2.72 bits per heavy atom. The summed E-state index contributed by atoms with van der Waals surface area (Å²) in [4.78, 5) is 35.8. The molecule has 2 aromatic carbocycles. The number of amides is 3. The molecule has 0 bridgehead atoms. The van der Waals surface area contributed by atoms with Gasteiger partial charge in [0, 0.05) is 18.7 Å². The molecular weight excluding hydrogens is 489 g/mol. The highest BCUT2D eigenvalue weighted by molar-refractivity contribution is 14.1. The van der Waals surface area contributed by atoms with E-state index in [4.69, 9.17) is 4.74 Å². The van der Waals surface area contributed by atoms with E-state index in [1.54, 1.807) is 30.3 Å². The number of imide groups is 1. The van der Waals surface area contributed by atoms with Gasteiger partial charge in [0.15, 0.2) is 0 Å². The number of carbonyl (C=O) groups is 2. The smallest absolute Gasteiger partial charge is 0.329 e. The van der Waals surface area contributed by atoms with Crippen molar-refractivity contribution in [3.8, 4) is 5.75 Å². The number of hydrogen-bond acceptors (Lipinski definition) is 5. The number of nitro benzene ring substituents is 1. The normalized spacial score (nSPS) is 15.0. The highest BCUT2D eigenvalue weighted by Gasteiger charge is 2.32. The monoisotopic (exact) mass is 507 g/mol. The molecule has 1 aliphatic heterocycles. The van der Waals surface area contributed by atoms with Crippen molar-refractivity contribution in [3.05, 3.63) is 73.0 Å². The van der Waals surface area contributed by atoms with Crippen LogP contribution in [-0.2, 0) is 11.4 Å². The second-order valence-corrected chi connectivity index (χ2v) is 7.51. The average Bonchev–Trinajstić information content (AvgIpc) is 2.95. The number of nitrogens with zero attached hydrogens (tertiary/aromatic N) is 2. The first kappa shape index (κ1) is 20.8. The standard InChI is InChI=1S/C20H18IN3O5/c1-2-8-23-19(25)17(22-20(23)26)11-13-6-7-18(16(21)10-13)29-12-14-4-3-5-15(9-14)24(27)28/h3-7,9-11H,2,8,12H2,1H3,(H,22,26)/b17-11+. The largest absolute Gasteiger partial charge is 0.488 e. The Hall–Kier alpha value is -2.95. The first-order valence-corrected chi connectivity index (χ1v) is 9.97. The van der Waals surface area contributed by atoms with E-state index in [9.17, 15) is 19.7 Å². The highest BCUT2D eigenvalue weighted by Crippen LogP contribution is 2.25. The van der Waals surface area contributed by atoms with Crippen LogP contribution in [0, 0.1) is 13.7 Å². The molecule has 9 heteroatoms. The number of benzene rings is 2. The van der Waals surface area contributed by atoms with E-state index in [1.165, 1.54) is 17.0 Å². The van der Waals surface area contributed by atoms with E-state index < -0.39 is 11.0 Å². The maximum absolute atomic E-state index is 12.3. The zero-order valence-electron chi connectivity index (χ0n) is 15.6. The lowest BCUT2D eigenvalue weighted by atomic mass is 10.2. The van der Waals surface area contributed by atoms with Crippen molar-refractivity contribution in [1.29, 1.82) is 0 Å². The van der Waals surface area contributed by atoms with Gasteiger partial charge in [0.05, 0.1) is 8.49 Å². The van der Waals surface area contributed by atoms with Gasteiger partial charge in [0.2, 0.25) is 0 Å². The predicted octanol–water partition coefficient (Wildman–Crippen LogP) is 4.08. The second kappa shape index (κ2) is 9.03. The maximum atomic E-state index is 12.3. The van der Waals surface area contributed by atoms with Crippen LogP contribution in [0.2, 0.25) is 0 Å². The summed E-state index contributed by atoms with van der Waals surface area (Å²) in [6.07, 6.45) is 2.32. The van der Waals surface area contributed by atoms with Gasteiger partial charge in [-0.2, -0.15) is 0 Å². The lowest BCUT2D eigenvalue weighted by Gasteiger charge is -2.09. The summed E-state index contributed by atoms with van der Waals surface area (Å²) in [6, 6.07) is 11.2. The quantitative estimate of drug-likeness (QED) is 0.200. The number of ether oxygens (including phenoxy) is 1. The first-order valence-electron chi connectivity index (χ1n) is 8.89. The van der Waals surface area contributed by atoms with Crippen molar-refractivity contribution in [2.75, 3.05) is 6.54 Å². The molecule has 1 heterocycles. The van der Waals surface area contributed by atoms with Crippen LogP contribution >= 0.6 is 22.6 Å². The van der Waals surface area contributed by atoms with Crippen LogP contribution in [0.25, 0.3) is 6.08 Å². The van der Waals surface area contributed by atoms with Crippen molar-refractivity contribution >= 4 is 46.3 Å². The summed E-state index contributed by atoms with van der Waals surface area (Å²) in [5, 5.41) is 13.5. The van der Waals surface area contributed by atoms with Crippen LogP contribution in [-0.4, -0.2) is 28.3 Å². The molecule has 0 saturated carbocycles.